The quantitative estimate of drug-likeness (QED) is 0.849. The predicted octanol–water partition coefficient (Wildman–Crippen LogP) is 2.29. The van der Waals surface area contributed by atoms with Gasteiger partial charge >= 0.3 is 0 Å². The summed E-state index contributed by atoms with van der Waals surface area (Å²) in [5.41, 5.74) is 0.879. The number of hydrogen-bond acceptors (Lipinski definition) is 3. The Bertz CT molecular complexity index is 385. The Hall–Kier alpha value is -1.22. The first-order chi connectivity index (χ1) is 7.84. The second kappa shape index (κ2) is 3.98. The van der Waals surface area contributed by atoms with Crippen LogP contribution in [0.4, 0.5) is 0 Å². The normalized spacial score (nSPS) is 20.6. The Labute approximate surface area is 95.0 Å². The lowest BCUT2D eigenvalue weighted by molar-refractivity contribution is 0.137. The highest BCUT2D eigenvalue weighted by Gasteiger charge is 2.28. The fourth-order valence-electron chi connectivity index (χ4n) is 2.15. The van der Waals surface area contributed by atoms with Gasteiger partial charge in [0.2, 0.25) is 0 Å². The van der Waals surface area contributed by atoms with E-state index in [0.29, 0.717) is 19.1 Å². The van der Waals surface area contributed by atoms with Crippen molar-refractivity contribution in [1.82, 2.24) is 0 Å². The third kappa shape index (κ3) is 1.87. The first-order valence-electron chi connectivity index (χ1n) is 5.91. The summed E-state index contributed by atoms with van der Waals surface area (Å²) in [5, 5.41) is 10.2. The summed E-state index contributed by atoms with van der Waals surface area (Å²) in [5.74, 6) is 2.20. The fraction of sp³-hybridized carbons (Fsp3) is 0.538. The number of hydrogen-bond donors (Lipinski definition) is 1. The van der Waals surface area contributed by atoms with Gasteiger partial charge < -0.3 is 14.6 Å². The number of benzene rings is 1. The minimum atomic E-state index is -0.413. The number of aliphatic hydroxyl groups is 1. The Morgan fingerprint density at radius 3 is 2.88 bits per heavy atom. The largest absolute Gasteiger partial charge is 0.486 e. The lowest BCUT2D eigenvalue weighted by Crippen LogP contribution is -2.17. The number of ether oxygens (including phenoxy) is 2. The molecule has 0 amide bonds. The molecule has 86 valence electrons. The van der Waals surface area contributed by atoms with E-state index in [9.17, 15) is 5.11 Å². The van der Waals surface area contributed by atoms with Crippen LogP contribution in [0.5, 0.6) is 11.5 Å². The van der Waals surface area contributed by atoms with Gasteiger partial charge in [0.1, 0.15) is 13.2 Å². The molecule has 1 unspecified atom stereocenters. The van der Waals surface area contributed by atoms with Crippen LogP contribution in [0.15, 0.2) is 18.2 Å². The van der Waals surface area contributed by atoms with E-state index < -0.39 is 6.10 Å². The lowest BCUT2D eigenvalue weighted by Gasteiger charge is -2.23. The molecule has 0 aromatic heterocycles. The molecule has 1 heterocycles. The Balaban J connectivity index is 1.86. The number of rotatable bonds is 3. The van der Waals surface area contributed by atoms with E-state index in [2.05, 4.69) is 0 Å². The molecule has 1 aliphatic heterocycles. The molecule has 1 aromatic rings. The molecule has 2 aliphatic rings. The van der Waals surface area contributed by atoms with Gasteiger partial charge in [-0.1, -0.05) is 25.0 Å². The van der Waals surface area contributed by atoms with Crippen molar-refractivity contribution in [1.29, 1.82) is 0 Å². The monoisotopic (exact) mass is 220 g/mol. The molecule has 0 spiro atoms. The van der Waals surface area contributed by atoms with Crippen molar-refractivity contribution in [3.63, 3.8) is 0 Å². The molecule has 0 saturated heterocycles. The van der Waals surface area contributed by atoms with Crippen LogP contribution in [0, 0.1) is 5.92 Å². The van der Waals surface area contributed by atoms with Crippen LogP contribution in [-0.2, 0) is 0 Å². The maximum atomic E-state index is 10.2. The highest BCUT2D eigenvalue weighted by atomic mass is 16.6. The zero-order chi connectivity index (χ0) is 11.0. The first-order valence-corrected chi connectivity index (χ1v) is 5.91. The molecule has 16 heavy (non-hydrogen) atoms. The third-order valence-corrected chi connectivity index (χ3v) is 3.21. The van der Waals surface area contributed by atoms with Crippen molar-refractivity contribution in [3.8, 4) is 11.5 Å². The second-order valence-electron chi connectivity index (χ2n) is 4.57. The molecular formula is C13H16O3. The van der Waals surface area contributed by atoms with E-state index in [1.165, 1.54) is 12.8 Å². The van der Waals surface area contributed by atoms with Crippen LogP contribution >= 0.6 is 0 Å². The average Bonchev–Trinajstić information content (AvgIpc) is 3.12. The Kier molecular flexibility index (Phi) is 2.48. The van der Waals surface area contributed by atoms with Gasteiger partial charge in [-0.25, -0.2) is 0 Å². The summed E-state index contributed by atoms with van der Waals surface area (Å²) in [6.45, 7) is 1.16. The van der Waals surface area contributed by atoms with Crippen LogP contribution in [0.3, 0.4) is 0 Å². The van der Waals surface area contributed by atoms with Crippen molar-refractivity contribution in [2.75, 3.05) is 13.2 Å². The van der Waals surface area contributed by atoms with Crippen LogP contribution in [0.1, 0.15) is 30.9 Å². The molecular weight excluding hydrogens is 204 g/mol. The van der Waals surface area contributed by atoms with Gasteiger partial charge in [-0.2, -0.15) is 0 Å². The molecule has 1 atom stereocenters. The van der Waals surface area contributed by atoms with E-state index in [1.54, 1.807) is 0 Å². The molecule has 1 saturated carbocycles. The van der Waals surface area contributed by atoms with Crippen molar-refractivity contribution in [2.24, 2.45) is 5.92 Å². The Morgan fingerprint density at radius 2 is 2.06 bits per heavy atom. The van der Waals surface area contributed by atoms with Gasteiger partial charge in [0.05, 0.1) is 6.10 Å². The highest BCUT2D eigenvalue weighted by Crippen LogP contribution is 2.42. The number of para-hydroxylation sites is 1. The van der Waals surface area contributed by atoms with Crippen molar-refractivity contribution >= 4 is 0 Å². The van der Waals surface area contributed by atoms with Crippen molar-refractivity contribution in [3.05, 3.63) is 23.8 Å². The van der Waals surface area contributed by atoms with E-state index in [0.717, 1.165) is 23.5 Å². The van der Waals surface area contributed by atoms with Gasteiger partial charge in [-0.3, -0.25) is 0 Å². The molecule has 3 nitrogen and oxygen atoms in total. The molecule has 1 fully saturated rings. The smallest absolute Gasteiger partial charge is 0.167 e. The molecule has 1 aromatic carbocycles. The first kappa shape index (κ1) is 9.97. The summed E-state index contributed by atoms with van der Waals surface area (Å²) < 4.78 is 11.1. The van der Waals surface area contributed by atoms with Crippen molar-refractivity contribution < 1.29 is 14.6 Å². The van der Waals surface area contributed by atoms with Crippen LogP contribution in [0.25, 0.3) is 0 Å². The van der Waals surface area contributed by atoms with E-state index in [4.69, 9.17) is 9.47 Å². The zero-order valence-electron chi connectivity index (χ0n) is 9.19. The zero-order valence-corrected chi connectivity index (χ0v) is 9.19. The molecule has 1 aliphatic carbocycles. The second-order valence-corrected chi connectivity index (χ2v) is 4.57. The maximum absolute atomic E-state index is 10.2. The highest BCUT2D eigenvalue weighted by molar-refractivity contribution is 5.48. The molecule has 1 N–H and O–H groups in total. The SMILES string of the molecule is OC(CC1CC1)c1cccc2c1OCCO2. The maximum Gasteiger partial charge on any atom is 0.167 e. The third-order valence-electron chi connectivity index (χ3n) is 3.21. The molecule has 3 rings (SSSR count). The summed E-state index contributed by atoms with van der Waals surface area (Å²) in [4.78, 5) is 0. The predicted molar refractivity (Wildman–Crippen MR) is 59.7 cm³/mol. The van der Waals surface area contributed by atoms with Crippen LogP contribution < -0.4 is 9.47 Å². The van der Waals surface area contributed by atoms with E-state index in [1.807, 2.05) is 18.2 Å². The fourth-order valence-corrected chi connectivity index (χ4v) is 2.15. The van der Waals surface area contributed by atoms with Gasteiger partial charge in [-0.05, 0) is 18.4 Å². The standard InChI is InChI=1S/C13H16O3/c14-11(8-9-4-5-9)10-2-1-3-12-13(10)16-7-6-15-12/h1-3,9,11,14H,4-8H2. The summed E-state index contributed by atoms with van der Waals surface area (Å²) in [6.07, 6.45) is 2.94. The number of aliphatic hydroxyl groups excluding tert-OH is 1. The lowest BCUT2D eigenvalue weighted by atomic mass is 10.0. The van der Waals surface area contributed by atoms with Crippen LogP contribution in [-0.4, -0.2) is 18.3 Å². The van der Waals surface area contributed by atoms with Gasteiger partial charge in [-0.15, -0.1) is 0 Å². The molecule has 3 heteroatoms. The molecule has 0 radical (unpaired) electrons. The summed E-state index contributed by atoms with van der Waals surface area (Å²) in [6, 6.07) is 5.74. The topological polar surface area (TPSA) is 38.7 Å². The van der Waals surface area contributed by atoms with E-state index in [-0.39, 0.29) is 0 Å². The van der Waals surface area contributed by atoms with Gasteiger partial charge in [0.15, 0.2) is 11.5 Å². The Morgan fingerprint density at radius 1 is 1.25 bits per heavy atom. The van der Waals surface area contributed by atoms with Gasteiger partial charge in [0.25, 0.3) is 0 Å². The minimum absolute atomic E-state index is 0.413. The molecule has 0 bridgehead atoms. The minimum Gasteiger partial charge on any atom is -0.486 e. The summed E-state index contributed by atoms with van der Waals surface area (Å²) >= 11 is 0. The van der Waals surface area contributed by atoms with Gasteiger partial charge in [0, 0.05) is 5.56 Å². The number of fused-ring (bicyclic) bond motifs is 1. The van der Waals surface area contributed by atoms with E-state index >= 15 is 0 Å². The summed E-state index contributed by atoms with van der Waals surface area (Å²) in [7, 11) is 0. The van der Waals surface area contributed by atoms with Crippen molar-refractivity contribution in [2.45, 2.75) is 25.4 Å². The average molecular weight is 220 g/mol. The van der Waals surface area contributed by atoms with Crippen LogP contribution in [0.2, 0.25) is 0 Å².